The number of nitrogens with one attached hydrogen (secondary N) is 1. The second-order valence-electron chi connectivity index (χ2n) is 6.57. The largest absolute Gasteiger partial charge is 0.309 e. The molecule has 1 N–H and O–H groups in total. The molecule has 3 aromatic rings. The lowest BCUT2D eigenvalue weighted by Crippen LogP contribution is -2.16. The molecule has 0 aliphatic rings. The van der Waals surface area contributed by atoms with E-state index in [1.807, 2.05) is 32.9 Å². The SMILES string of the molecule is Cc1nn(CCC(=O)Nc2cc(C)n(Cc3ccc(Cl)cc3Cl)n2)c(C)c1Cl. The maximum atomic E-state index is 12.3. The van der Waals surface area contributed by atoms with E-state index in [2.05, 4.69) is 15.5 Å². The fraction of sp³-hybridized carbons (Fsp3) is 0.316. The van der Waals surface area contributed by atoms with Crippen LogP contribution in [0.3, 0.4) is 0 Å². The zero-order valence-electron chi connectivity index (χ0n) is 15.8. The van der Waals surface area contributed by atoms with Gasteiger partial charge in [-0.1, -0.05) is 40.9 Å². The number of hydrogen-bond acceptors (Lipinski definition) is 3. The van der Waals surface area contributed by atoms with Gasteiger partial charge in [-0.3, -0.25) is 14.2 Å². The number of benzene rings is 1. The van der Waals surface area contributed by atoms with Crippen LogP contribution in [0.2, 0.25) is 15.1 Å². The molecule has 0 aliphatic heterocycles. The zero-order chi connectivity index (χ0) is 20.4. The van der Waals surface area contributed by atoms with Crippen LogP contribution in [0.1, 0.15) is 29.1 Å². The summed E-state index contributed by atoms with van der Waals surface area (Å²) >= 11 is 18.3. The molecule has 28 heavy (non-hydrogen) atoms. The fourth-order valence-corrected chi connectivity index (χ4v) is 3.45. The highest BCUT2D eigenvalue weighted by Crippen LogP contribution is 2.23. The Balaban J connectivity index is 1.62. The van der Waals surface area contributed by atoms with Crippen molar-refractivity contribution in [1.29, 1.82) is 0 Å². The third-order valence-electron chi connectivity index (χ3n) is 4.43. The molecular formula is C19H20Cl3N5O. The smallest absolute Gasteiger partial charge is 0.227 e. The van der Waals surface area contributed by atoms with Gasteiger partial charge in [0.05, 0.1) is 29.5 Å². The van der Waals surface area contributed by atoms with E-state index in [1.54, 1.807) is 21.5 Å². The summed E-state index contributed by atoms with van der Waals surface area (Å²) in [6.45, 7) is 6.58. The molecule has 0 saturated carbocycles. The number of nitrogens with zero attached hydrogens (tertiary/aromatic N) is 4. The predicted octanol–water partition coefficient (Wildman–Crippen LogP) is 5.04. The highest BCUT2D eigenvalue weighted by Gasteiger charge is 2.13. The second-order valence-corrected chi connectivity index (χ2v) is 7.79. The number of halogens is 3. The average molecular weight is 441 g/mol. The van der Waals surface area contributed by atoms with Gasteiger partial charge in [0.1, 0.15) is 0 Å². The highest BCUT2D eigenvalue weighted by atomic mass is 35.5. The minimum atomic E-state index is -0.141. The van der Waals surface area contributed by atoms with Crippen LogP contribution < -0.4 is 5.32 Å². The van der Waals surface area contributed by atoms with Crippen molar-refractivity contribution in [3.63, 3.8) is 0 Å². The Labute approximate surface area is 178 Å². The van der Waals surface area contributed by atoms with E-state index in [1.165, 1.54) is 0 Å². The molecule has 9 heteroatoms. The minimum absolute atomic E-state index is 0.141. The second kappa shape index (κ2) is 8.55. The van der Waals surface area contributed by atoms with E-state index in [-0.39, 0.29) is 12.3 Å². The Morgan fingerprint density at radius 3 is 2.46 bits per heavy atom. The fourth-order valence-electron chi connectivity index (χ4n) is 2.85. The summed E-state index contributed by atoms with van der Waals surface area (Å²) in [5.41, 5.74) is 3.42. The van der Waals surface area contributed by atoms with Gasteiger partial charge < -0.3 is 5.32 Å². The zero-order valence-corrected chi connectivity index (χ0v) is 18.0. The van der Waals surface area contributed by atoms with Crippen molar-refractivity contribution in [1.82, 2.24) is 19.6 Å². The lowest BCUT2D eigenvalue weighted by atomic mass is 10.2. The van der Waals surface area contributed by atoms with Crippen molar-refractivity contribution < 1.29 is 4.79 Å². The minimum Gasteiger partial charge on any atom is -0.309 e. The van der Waals surface area contributed by atoms with Crippen molar-refractivity contribution in [2.75, 3.05) is 5.32 Å². The van der Waals surface area contributed by atoms with E-state index in [4.69, 9.17) is 34.8 Å². The topological polar surface area (TPSA) is 64.7 Å². The Hall–Kier alpha value is -2.02. The quantitative estimate of drug-likeness (QED) is 0.584. The van der Waals surface area contributed by atoms with Crippen molar-refractivity contribution in [2.45, 2.75) is 40.3 Å². The molecule has 0 saturated heterocycles. The van der Waals surface area contributed by atoms with E-state index in [0.29, 0.717) is 34.0 Å². The van der Waals surface area contributed by atoms with Gasteiger partial charge in [-0.2, -0.15) is 10.2 Å². The van der Waals surface area contributed by atoms with Crippen LogP contribution in [0.4, 0.5) is 5.82 Å². The molecule has 3 rings (SSSR count). The molecule has 148 valence electrons. The Morgan fingerprint density at radius 2 is 1.82 bits per heavy atom. The molecular weight excluding hydrogens is 421 g/mol. The van der Waals surface area contributed by atoms with Gasteiger partial charge in [-0.25, -0.2) is 0 Å². The number of aryl methyl sites for hydroxylation is 3. The third kappa shape index (κ3) is 4.69. The summed E-state index contributed by atoms with van der Waals surface area (Å²) in [6, 6.07) is 7.17. The first-order chi connectivity index (χ1) is 13.2. The Bertz CT molecular complexity index is 1020. The van der Waals surface area contributed by atoms with Crippen molar-refractivity contribution in [3.05, 3.63) is 62.0 Å². The molecule has 0 atom stereocenters. The molecule has 6 nitrogen and oxygen atoms in total. The van der Waals surface area contributed by atoms with Gasteiger partial charge in [0.15, 0.2) is 5.82 Å². The van der Waals surface area contributed by atoms with Gasteiger partial charge in [0, 0.05) is 28.2 Å². The molecule has 2 heterocycles. The summed E-state index contributed by atoms with van der Waals surface area (Å²) in [6.07, 6.45) is 0.271. The van der Waals surface area contributed by atoms with E-state index >= 15 is 0 Å². The van der Waals surface area contributed by atoms with Gasteiger partial charge in [0.25, 0.3) is 0 Å². The molecule has 1 amide bonds. The number of aromatic nitrogens is 4. The van der Waals surface area contributed by atoms with Crippen LogP contribution in [-0.2, 0) is 17.9 Å². The molecule has 0 spiro atoms. The maximum Gasteiger partial charge on any atom is 0.227 e. The van der Waals surface area contributed by atoms with Crippen LogP contribution in [0, 0.1) is 20.8 Å². The number of carbonyl (C=O) groups excluding carboxylic acids is 1. The van der Waals surface area contributed by atoms with Crippen LogP contribution in [0.5, 0.6) is 0 Å². The molecule has 0 fully saturated rings. The summed E-state index contributed by atoms with van der Waals surface area (Å²) in [7, 11) is 0. The van der Waals surface area contributed by atoms with E-state index in [0.717, 1.165) is 22.6 Å². The first kappa shape index (κ1) is 20.7. The monoisotopic (exact) mass is 439 g/mol. The maximum absolute atomic E-state index is 12.3. The highest BCUT2D eigenvalue weighted by molar-refractivity contribution is 6.35. The Kier molecular flexibility index (Phi) is 6.33. The summed E-state index contributed by atoms with van der Waals surface area (Å²) in [5.74, 6) is 0.358. The molecule has 0 bridgehead atoms. The van der Waals surface area contributed by atoms with E-state index in [9.17, 15) is 4.79 Å². The van der Waals surface area contributed by atoms with Crippen LogP contribution >= 0.6 is 34.8 Å². The lowest BCUT2D eigenvalue weighted by Gasteiger charge is -2.07. The molecule has 2 aromatic heterocycles. The number of anilines is 1. The molecule has 0 unspecified atom stereocenters. The summed E-state index contributed by atoms with van der Waals surface area (Å²) < 4.78 is 3.52. The predicted molar refractivity (Wildman–Crippen MR) is 112 cm³/mol. The molecule has 0 aliphatic carbocycles. The first-order valence-electron chi connectivity index (χ1n) is 8.72. The van der Waals surface area contributed by atoms with Crippen LogP contribution in [-0.4, -0.2) is 25.5 Å². The number of carbonyl (C=O) groups is 1. The van der Waals surface area contributed by atoms with Gasteiger partial charge >= 0.3 is 0 Å². The molecule has 0 radical (unpaired) electrons. The van der Waals surface area contributed by atoms with Gasteiger partial charge in [-0.15, -0.1) is 0 Å². The van der Waals surface area contributed by atoms with Crippen molar-refractivity contribution >= 4 is 46.5 Å². The van der Waals surface area contributed by atoms with Gasteiger partial charge in [-0.05, 0) is 38.5 Å². The number of rotatable bonds is 6. The normalized spacial score (nSPS) is 11.1. The lowest BCUT2D eigenvalue weighted by molar-refractivity contribution is -0.116. The van der Waals surface area contributed by atoms with Crippen molar-refractivity contribution in [2.24, 2.45) is 0 Å². The first-order valence-corrected chi connectivity index (χ1v) is 9.85. The van der Waals surface area contributed by atoms with E-state index < -0.39 is 0 Å². The Morgan fingerprint density at radius 1 is 1.07 bits per heavy atom. The summed E-state index contributed by atoms with van der Waals surface area (Å²) in [4.78, 5) is 12.3. The number of amides is 1. The van der Waals surface area contributed by atoms with Crippen LogP contribution in [0.25, 0.3) is 0 Å². The average Bonchev–Trinajstić information content (AvgIpc) is 3.09. The summed E-state index contributed by atoms with van der Waals surface area (Å²) in [5, 5.41) is 13.4. The molecule has 1 aromatic carbocycles. The third-order valence-corrected chi connectivity index (χ3v) is 5.56. The number of hydrogen-bond donors (Lipinski definition) is 1. The van der Waals surface area contributed by atoms with Gasteiger partial charge in [0.2, 0.25) is 5.91 Å². The van der Waals surface area contributed by atoms with Crippen molar-refractivity contribution in [3.8, 4) is 0 Å². The van der Waals surface area contributed by atoms with Crippen LogP contribution in [0.15, 0.2) is 24.3 Å². The standard InChI is InChI=1S/C19H20Cl3N5O/c1-11-8-17(25-27(11)10-14-4-5-15(20)9-16(14)21)23-18(28)6-7-26-13(3)19(22)12(2)24-26/h4-5,8-9H,6-7,10H2,1-3H3,(H,23,25,28).